The second-order valence-electron chi connectivity index (χ2n) is 12.0. The van der Waals surface area contributed by atoms with Crippen molar-refractivity contribution in [3.05, 3.63) is 76.1 Å². The number of carbonyl (C=O) groups is 4. The van der Waals surface area contributed by atoms with Gasteiger partial charge in [0.1, 0.15) is 29.3 Å². The number of aliphatic carboxylic acids is 1. The van der Waals surface area contributed by atoms with Gasteiger partial charge >= 0.3 is 17.7 Å². The van der Waals surface area contributed by atoms with Crippen LogP contribution in [0.5, 0.6) is 0 Å². The third-order valence-electron chi connectivity index (χ3n) is 6.64. The Morgan fingerprint density at radius 1 is 0.939 bits per heavy atom. The van der Waals surface area contributed by atoms with Crippen LogP contribution in [0.15, 0.2) is 68.8 Å². The molecule has 1 aromatic heterocycles. The summed E-state index contributed by atoms with van der Waals surface area (Å²) in [6, 6.07) is 11.7. The van der Waals surface area contributed by atoms with E-state index < -0.39 is 54.2 Å². The molecule has 0 spiro atoms. The molecule has 266 valence electrons. The predicted octanol–water partition coefficient (Wildman–Crippen LogP) is 0.906. The Bertz CT molecular complexity index is 1670. The highest BCUT2D eigenvalue weighted by molar-refractivity contribution is 5.93. The number of benzene rings is 2. The third-order valence-corrected chi connectivity index (χ3v) is 6.64. The Morgan fingerprint density at radius 3 is 2.16 bits per heavy atom. The fourth-order valence-corrected chi connectivity index (χ4v) is 4.35. The summed E-state index contributed by atoms with van der Waals surface area (Å²) in [7, 11) is 0. The van der Waals surface area contributed by atoms with Gasteiger partial charge in [0.15, 0.2) is 5.96 Å². The Hall–Kier alpha value is -5.64. The van der Waals surface area contributed by atoms with Crippen molar-refractivity contribution >= 4 is 46.5 Å². The van der Waals surface area contributed by atoms with Gasteiger partial charge in [-0.1, -0.05) is 30.3 Å². The lowest BCUT2D eigenvalue weighted by molar-refractivity contribution is -0.142. The predicted molar refractivity (Wildman–Crippen MR) is 183 cm³/mol. The molecule has 3 rings (SSSR count). The number of ether oxygens (including phenoxy) is 1. The van der Waals surface area contributed by atoms with E-state index in [1.165, 1.54) is 6.07 Å². The average Bonchev–Trinajstić information content (AvgIpc) is 3.00. The molecule has 0 unspecified atom stereocenters. The molecular weight excluding hydrogens is 638 g/mol. The lowest BCUT2D eigenvalue weighted by Gasteiger charge is -2.25. The molecule has 2 aromatic carbocycles. The van der Waals surface area contributed by atoms with Crippen LogP contribution in [0, 0.1) is 6.92 Å². The van der Waals surface area contributed by atoms with Gasteiger partial charge in [-0.3, -0.25) is 14.6 Å². The molecule has 1 heterocycles. The van der Waals surface area contributed by atoms with Crippen LogP contribution in [0.25, 0.3) is 11.0 Å². The minimum absolute atomic E-state index is 0.0147. The van der Waals surface area contributed by atoms with Crippen molar-refractivity contribution in [1.82, 2.24) is 16.0 Å². The fourth-order valence-electron chi connectivity index (χ4n) is 4.35. The van der Waals surface area contributed by atoms with Crippen LogP contribution < -0.4 is 38.8 Å². The number of alkyl carbamates (subject to hydrolysis) is 1. The van der Waals surface area contributed by atoms with Crippen LogP contribution in [0.1, 0.15) is 44.7 Å². The number of carboxylic acid groups (broad SMARTS) is 1. The molecule has 0 bridgehead atoms. The largest absolute Gasteiger partial charge is 0.480 e. The summed E-state index contributed by atoms with van der Waals surface area (Å²) in [5, 5.41) is 27.1. The van der Waals surface area contributed by atoms with E-state index in [1.54, 1.807) is 63.2 Å². The summed E-state index contributed by atoms with van der Waals surface area (Å²) in [6.45, 7) is 6.24. The minimum Gasteiger partial charge on any atom is -0.480 e. The van der Waals surface area contributed by atoms with Gasteiger partial charge in [-0.25, -0.2) is 14.4 Å². The van der Waals surface area contributed by atoms with E-state index in [9.17, 15) is 34.2 Å². The summed E-state index contributed by atoms with van der Waals surface area (Å²) in [5.74, 6) is -3.11. The van der Waals surface area contributed by atoms with Crippen LogP contribution in [0.3, 0.4) is 0 Å². The van der Waals surface area contributed by atoms with E-state index in [4.69, 9.17) is 26.4 Å². The van der Waals surface area contributed by atoms with Gasteiger partial charge < -0.3 is 52.5 Å². The number of nitrogens with two attached hydrogens (primary N) is 3. The number of guanidine groups is 1. The molecule has 3 aromatic rings. The maximum Gasteiger partial charge on any atom is 0.408 e. The van der Waals surface area contributed by atoms with E-state index in [0.29, 0.717) is 11.3 Å². The highest BCUT2D eigenvalue weighted by atomic mass is 16.6. The number of fused-ring (bicyclic) bond motifs is 1. The summed E-state index contributed by atoms with van der Waals surface area (Å²) in [6.07, 6.45) is -0.477. The molecule has 0 aliphatic carbocycles. The van der Waals surface area contributed by atoms with Crippen molar-refractivity contribution in [2.24, 2.45) is 16.5 Å². The van der Waals surface area contributed by atoms with Gasteiger partial charge in [0.05, 0.1) is 6.61 Å². The first-order chi connectivity index (χ1) is 23.0. The van der Waals surface area contributed by atoms with Gasteiger partial charge in [-0.2, -0.15) is 0 Å². The molecule has 3 amide bonds. The fraction of sp³-hybridized carbons (Fsp3) is 0.394. The summed E-state index contributed by atoms with van der Waals surface area (Å²) in [4.78, 5) is 64.2. The molecule has 16 heteroatoms. The number of nitrogen functional groups attached to an aromatic ring is 1. The first-order valence-corrected chi connectivity index (χ1v) is 15.3. The van der Waals surface area contributed by atoms with E-state index in [0.717, 1.165) is 16.5 Å². The van der Waals surface area contributed by atoms with Crippen LogP contribution >= 0.6 is 0 Å². The smallest absolute Gasteiger partial charge is 0.408 e. The zero-order chi connectivity index (χ0) is 36.7. The Balaban J connectivity index is 0.000000526. The molecule has 3 atom stereocenters. The molecule has 11 N–H and O–H groups in total. The van der Waals surface area contributed by atoms with E-state index >= 15 is 0 Å². The SMILES string of the molecule is CC(C)(C)OC(=O)N[C@@H](Cc1ccccc1)C(=O)N[C@@H](CO)C(=O)N[C@@H](CCCN=C(N)N)C(=O)O.Cc1cc(=O)oc2cc(N)ccc12. The lowest BCUT2D eigenvalue weighted by atomic mass is 10.0. The van der Waals surface area contributed by atoms with Crippen LogP contribution in [-0.2, 0) is 25.5 Å². The third kappa shape index (κ3) is 14.3. The van der Waals surface area contributed by atoms with Crippen molar-refractivity contribution < 1.29 is 38.5 Å². The number of aliphatic hydroxyl groups excluding tert-OH is 1. The molecular formula is C33H45N7O9. The second-order valence-corrected chi connectivity index (χ2v) is 12.0. The van der Waals surface area contributed by atoms with E-state index in [2.05, 4.69) is 20.9 Å². The van der Waals surface area contributed by atoms with Gasteiger partial charge in [0, 0.05) is 36.2 Å². The molecule has 0 saturated heterocycles. The molecule has 0 saturated carbocycles. The van der Waals surface area contributed by atoms with Crippen molar-refractivity contribution in [2.45, 2.75) is 70.7 Å². The Kier molecular flexibility index (Phi) is 15.0. The van der Waals surface area contributed by atoms with E-state index in [1.807, 2.05) is 13.0 Å². The normalized spacial score (nSPS) is 12.7. The number of amides is 3. The molecule has 0 radical (unpaired) electrons. The van der Waals surface area contributed by atoms with Gasteiger partial charge in [0.25, 0.3) is 0 Å². The van der Waals surface area contributed by atoms with Crippen molar-refractivity contribution in [3.8, 4) is 0 Å². The van der Waals surface area contributed by atoms with Gasteiger partial charge in [-0.15, -0.1) is 0 Å². The molecule has 16 nitrogen and oxygen atoms in total. The molecule has 0 aliphatic rings. The number of nitrogens with one attached hydrogen (secondary N) is 3. The topological polar surface area (TPSA) is 275 Å². The van der Waals surface area contributed by atoms with Crippen molar-refractivity contribution in [2.75, 3.05) is 18.9 Å². The number of rotatable bonds is 13. The summed E-state index contributed by atoms with van der Waals surface area (Å²) in [5.41, 5.74) is 17.7. The Labute approximate surface area is 283 Å². The molecule has 0 aliphatic heterocycles. The number of aliphatic hydroxyl groups is 1. The zero-order valence-corrected chi connectivity index (χ0v) is 27.9. The number of aliphatic imine (C=N–C) groups is 1. The van der Waals surface area contributed by atoms with Crippen LogP contribution in [0.4, 0.5) is 10.5 Å². The highest BCUT2D eigenvalue weighted by Crippen LogP contribution is 2.18. The second kappa shape index (κ2) is 18.6. The van der Waals surface area contributed by atoms with Crippen molar-refractivity contribution in [1.29, 1.82) is 0 Å². The first-order valence-electron chi connectivity index (χ1n) is 15.3. The Morgan fingerprint density at radius 2 is 1.57 bits per heavy atom. The lowest BCUT2D eigenvalue weighted by Crippen LogP contribution is -2.57. The average molecular weight is 684 g/mol. The summed E-state index contributed by atoms with van der Waals surface area (Å²) >= 11 is 0. The first kappa shape index (κ1) is 39.5. The maximum absolute atomic E-state index is 13.0. The van der Waals surface area contributed by atoms with Gasteiger partial charge in [0.2, 0.25) is 11.8 Å². The monoisotopic (exact) mass is 683 g/mol. The molecule has 49 heavy (non-hydrogen) atoms. The minimum atomic E-state index is -1.46. The maximum atomic E-state index is 13.0. The number of hydrogen-bond acceptors (Lipinski definition) is 10. The molecule has 0 fully saturated rings. The number of anilines is 1. The quantitative estimate of drug-likeness (QED) is 0.0410. The standard InChI is InChI=1S/C23H36N6O7.C10H9NO2/c1-23(2,3)36-22(35)29-16(12-14-8-5-4-6-9-14)18(31)28-17(13-30)19(32)27-15(20(33)34)10-7-11-26-21(24)25;1-6-4-10(12)13-9-5-7(11)2-3-8(6)9/h4-6,8-9,15-17,30H,7,10-13H2,1-3H3,(H,27,32)(H,28,31)(H,29,35)(H,33,34)(H4,24,25,26);2-5H,11H2,1H3/t15-,16-,17-;/m0./s1. The number of carbonyl (C=O) groups excluding carboxylic acids is 3. The number of hydrogen-bond donors (Lipinski definition) is 8. The van der Waals surface area contributed by atoms with Crippen LogP contribution in [0.2, 0.25) is 0 Å². The number of nitrogens with zero attached hydrogens (tertiary/aromatic N) is 1. The number of aryl methyl sites for hydroxylation is 1. The van der Waals surface area contributed by atoms with Crippen molar-refractivity contribution in [3.63, 3.8) is 0 Å². The van der Waals surface area contributed by atoms with Gasteiger partial charge in [-0.05, 0) is 63.8 Å². The van der Waals surface area contributed by atoms with Crippen LogP contribution in [-0.4, -0.2) is 76.9 Å². The highest BCUT2D eigenvalue weighted by Gasteiger charge is 2.30. The number of carboxylic acids is 1. The zero-order valence-electron chi connectivity index (χ0n) is 27.9. The summed E-state index contributed by atoms with van der Waals surface area (Å²) < 4.78 is 10.2. The van der Waals surface area contributed by atoms with E-state index in [-0.39, 0.29) is 37.4 Å².